The summed E-state index contributed by atoms with van der Waals surface area (Å²) in [5.41, 5.74) is 0. The number of hydrogen-bond donors (Lipinski definition) is 1. The fraction of sp³-hybridized carbons (Fsp3) is 0.333. The van der Waals surface area contributed by atoms with Gasteiger partial charge in [-0.25, -0.2) is 4.98 Å². The van der Waals surface area contributed by atoms with E-state index in [0.717, 1.165) is 19.0 Å². The Balaban J connectivity index is 2.28. The molecule has 0 spiro atoms. The largest absolute Gasteiger partial charge is 0.354 e. The van der Waals surface area contributed by atoms with Crippen LogP contribution in [-0.4, -0.2) is 28.6 Å². The fourth-order valence-corrected chi connectivity index (χ4v) is 0.943. The number of nitrogens with zero attached hydrogens (tertiary/aromatic N) is 3. The number of rotatable bonds is 0. The first-order valence-electron chi connectivity index (χ1n) is 3.23. The highest BCUT2D eigenvalue weighted by Crippen LogP contribution is 1.90. The van der Waals surface area contributed by atoms with Crippen molar-refractivity contribution in [3.8, 4) is 0 Å². The van der Waals surface area contributed by atoms with Crippen molar-refractivity contribution in [2.45, 2.75) is 0 Å². The van der Waals surface area contributed by atoms with Crippen LogP contribution in [0.25, 0.3) is 0 Å². The molecule has 1 N–H and O–H groups in total. The standard InChI is InChI=1S/C6H8N4/c1-2-9-6(8-1)10-4-3-7-5-10/h3-5H,1-2H2,(H,8,9). The van der Waals surface area contributed by atoms with E-state index in [1.165, 1.54) is 0 Å². The Bertz CT molecular complexity index is 236. The lowest BCUT2D eigenvalue weighted by molar-refractivity contribution is 0.937. The van der Waals surface area contributed by atoms with Crippen LogP contribution in [0.4, 0.5) is 0 Å². The summed E-state index contributed by atoms with van der Waals surface area (Å²) in [5, 5.41) is 3.13. The summed E-state index contributed by atoms with van der Waals surface area (Å²) in [4.78, 5) is 8.12. The van der Waals surface area contributed by atoms with Gasteiger partial charge in [0, 0.05) is 18.9 Å². The molecule has 4 nitrogen and oxygen atoms in total. The predicted molar refractivity (Wildman–Crippen MR) is 37.9 cm³/mol. The van der Waals surface area contributed by atoms with E-state index in [0.29, 0.717) is 0 Å². The van der Waals surface area contributed by atoms with Crippen molar-refractivity contribution >= 4 is 5.96 Å². The van der Waals surface area contributed by atoms with Gasteiger partial charge in [0.15, 0.2) is 0 Å². The van der Waals surface area contributed by atoms with E-state index in [9.17, 15) is 0 Å². The van der Waals surface area contributed by atoms with Crippen molar-refractivity contribution in [3.05, 3.63) is 18.7 Å². The first kappa shape index (κ1) is 5.46. The van der Waals surface area contributed by atoms with Gasteiger partial charge in [0.05, 0.1) is 6.54 Å². The van der Waals surface area contributed by atoms with E-state index >= 15 is 0 Å². The summed E-state index contributed by atoms with van der Waals surface area (Å²) in [5.74, 6) is 0.900. The molecule has 0 amide bonds. The number of aromatic nitrogens is 2. The molecule has 0 saturated carbocycles. The van der Waals surface area contributed by atoms with Crippen LogP contribution >= 0.6 is 0 Å². The van der Waals surface area contributed by atoms with Gasteiger partial charge in [-0.15, -0.1) is 0 Å². The molecule has 1 aliphatic rings. The molecule has 0 fully saturated rings. The second-order valence-corrected chi connectivity index (χ2v) is 2.10. The Morgan fingerprint density at radius 3 is 3.20 bits per heavy atom. The topological polar surface area (TPSA) is 42.2 Å². The Kier molecular flexibility index (Phi) is 1.16. The van der Waals surface area contributed by atoms with Crippen molar-refractivity contribution in [1.82, 2.24) is 14.9 Å². The Morgan fingerprint density at radius 1 is 1.60 bits per heavy atom. The zero-order chi connectivity index (χ0) is 6.81. The van der Waals surface area contributed by atoms with Gasteiger partial charge in [-0.1, -0.05) is 0 Å². The lowest BCUT2D eigenvalue weighted by Crippen LogP contribution is -2.24. The van der Waals surface area contributed by atoms with Crippen molar-refractivity contribution < 1.29 is 0 Å². The van der Waals surface area contributed by atoms with Gasteiger partial charge in [0.25, 0.3) is 0 Å². The van der Waals surface area contributed by atoms with Crippen LogP contribution in [0.1, 0.15) is 0 Å². The maximum Gasteiger partial charge on any atom is 0.203 e. The minimum Gasteiger partial charge on any atom is -0.354 e. The van der Waals surface area contributed by atoms with Gasteiger partial charge in [0.1, 0.15) is 6.33 Å². The normalized spacial score (nSPS) is 16.6. The van der Waals surface area contributed by atoms with Crippen molar-refractivity contribution in [1.29, 1.82) is 0 Å². The molecule has 0 radical (unpaired) electrons. The van der Waals surface area contributed by atoms with Crippen LogP contribution in [-0.2, 0) is 0 Å². The number of imidazole rings is 1. The Hall–Kier alpha value is -1.32. The van der Waals surface area contributed by atoms with Gasteiger partial charge in [-0.3, -0.25) is 9.56 Å². The quantitative estimate of drug-likeness (QED) is 0.531. The lowest BCUT2D eigenvalue weighted by Gasteiger charge is -1.99. The fourth-order valence-electron chi connectivity index (χ4n) is 0.943. The zero-order valence-electron chi connectivity index (χ0n) is 5.49. The van der Waals surface area contributed by atoms with E-state index in [4.69, 9.17) is 0 Å². The molecule has 4 heteroatoms. The van der Waals surface area contributed by atoms with Crippen molar-refractivity contribution in [2.75, 3.05) is 13.1 Å². The van der Waals surface area contributed by atoms with E-state index in [-0.39, 0.29) is 0 Å². The first-order valence-corrected chi connectivity index (χ1v) is 3.23. The molecule has 1 aromatic heterocycles. The van der Waals surface area contributed by atoms with Crippen LogP contribution in [0.5, 0.6) is 0 Å². The molecule has 1 aromatic rings. The summed E-state index contributed by atoms with van der Waals surface area (Å²) in [7, 11) is 0. The molecule has 10 heavy (non-hydrogen) atoms. The number of aliphatic imine (C=N–C) groups is 1. The van der Waals surface area contributed by atoms with E-state index in [1.807, 2.05) is 10.8 Å². The highest BCUT2D eigenvalue weighted by atomic mass is 15.3. The average Bonchev–Trinajstić information content (AvgIpc) is 2.59. The van der Waals surface area contributed by atoms with Crippen molar-refractivity contribution in [2.24, 2.45) is 4.99 Å². The van der Waals surface area contributed by atoms with Crippen LogP contribution in [0, 0.1) is 0 Å². The van der Waals surface area contributed by atoms with E-state index in [1.54, 1.807) is 12.5 Å². The second kappa shape index (κ2) is 2.13. The summed E-state index contributed by atoms with van der Waals surface area (Å²) in [6.07, 6.45) is 5.34. The van der Waals surface area contributed by atoms with E-state index in [2.05, 4.69) is 15.3 Å². The number of hydrogen-bond acceptors (Lipinski definition) is 3. The van der Waals surface area contributed by atoms with Crippen LogP contribution in [0.2, 0.25) is 0 Å². The van der Waals surface area contributed by atoms with Crippen LogP contribution in [0.15, 0.2) is 23.7 Å². The third-order valence-corrected chi connectivity index (χ3v) is 1.41. The lowest BCUT2D eigenvalue weighted by atomic mass is 10.7. The molecule has 0 unspecified atom stereocenters. The molecule has 0 atom stereocenters. The van der Waals surface area contributed by atoms with Gasteiger partial charge >= 0.3 is 0 Å². The molecule has 2 rings (SSSR count). The monoisotopic (exact) mass is 136 g/mol. The first-order chi connectivity index (χ1) is 4.97. The maximum atomic E-state index is 4.21. The summed E-state index contributed by atoms with van der Waals surface area (Å²) < 4.78 is 1.87. The second-order valence-electron chi connectivity index (χ2n) is 2.10. The molecule has 0 bridgehead atoms. The van der Waals surface area contributed by atoms with Crippen molar-refractivity contribution in [3.63, 3.8) is 0 Å². The van der Waals surface area contributed by atoms with Gasteiger partial charge in [0.2, 0.25) is 5.96 Å². The average molecular weight is 136 g/mol. The third kappa shape index (κ3) is 0.775. The predicted octanol–water partition coefficient (Wildman–Crippen LogP) is -0.310. The molecule has 0 aromatic carbocycles. The minimum atomic E-state index is 0.869. The van der Waals surface area contributed by atoms with Gasteiger partial charge in [-0.05, 0) is 0 Å². The molecule has 2 heterocycles. The molecule has 1 aliphatic heterocycles. The molecular formula is C6H8N4. The molecule has 0 aliphatic carbocycles. The zero-order valence-corrected chi connectivity index (χ0v) is 5.49. The summed E-state index contributed by atoms with van der Waals surface area (Å²) in [6, 6.07) is 0. The number of nitrogens with one attached hydrogen (secondary N) is 1. The van der Waals surface area contributed by atoms with Gasteiger partial charge in [-0.2, -0.15) is 0 Å². The maximum absolute atomic E-state index is 4.21. The summed E-state index contributed by atoms with van der Waals surface area (Å²) in [6.45, 7) is 1.81. The van der Waals surface area contributed by atoms with Crippen LogP contribution in [0.3, 0.4) is 0 Å². The molecule has 52 valence electrons. The summed E-state index contributed by atoms with van der Waals surface area (Å²) >= 11 is 0. The minimum absolute atomic E-state index is 0.869. The molecule has 0 saturated heterocycles. The highest BCUT2D eigenvalue weighted by molar-refractivity contribution is 5.83. The SMILES string of the molecule is c1cn(C2=NCCN2)cn1. The Labute approximate surface area is 58.6 Å². The highest BCUT2D eigenvalue weighted by Gasteiger charge is 2.04. The Morgan fingerprint density at radius 2 is 2.60 bits per heavy atom. The van der Waals surface area contributed by atoms with E-state index < -0.39 is 0 Å². The van der Waals surface area contributed by atoms with Crippen LogP contribution < -0.4 is 5.32 Å². The third-order valence-electron chi connectivity index (χ3n) is 1.41. The smallest absolute Gasteiger partial charge is 0.203 e. The molecular weight excluding hydrogens is 128 g/mol. The van der Waals surface area contributed by atoms with Gasteiger partial charge < -0.3 is 5.32 Å².